The van der Waals surface area contributed by atoms with Crippen LogP contribution in [0.4, 0.5) is 4.39 Å². The zero-order chi connectivity index (χ0) is 19.7. The highest BCUT2D eigenvalue weighted by Crippen LogP contribution is 2.19. The van der Waals surface area contributed by atoms with Crippen LogP contribution in [-0.2, 0) is 6.54 Å². The van der Waals surface area contributed by atoms with Gasteiger partial charge < -0.3 is 8.98 Å². The molecule has 0 radical (unpaired) electrons. The van der Waals surface area contributed by atoms with E-state index >= 15 is 0 Å². The molecule has 0 spiro atoms. The van der Waals surface area contributed by atoms with Crippen LogP contribution in [-0.4, -0.2) is 25.7 Å². The van der Waals surface area contributed by atoms with Crippen molar-refractivity contribution < 1.29 is 8.81 Å². The molecule has 1 N–H and O–H groups in total. The fourth-order valence-electron chi connectivity index (χ4n) is 3.09. The van der Waals surface area contributed by atoms with Gasteiger partial charge in [0.15, 0.2) is 5.82 Å². The third-order valence-electron chi connectivity index (χ3n) is 4.55. The summed E-state index contributed by atoms with van der Waals surface area (Å²) in [5.41, 5.74) is 3.70. The van der Waals surface area contributed by atoms with Gasteiger partial charge in [-0.15, -0.1) is 0 Å². The van der Waals surface area contributed by atoms with Gasteiger partial charge in [0.25, 0.3) is 0 Å². The molecule has 0 aliphatic rings. The van der Waals surface area contributed by atoms with Crippen LogP contribution in [0.2, 0.25) is 0 Å². The summed E-state index contributed by atoms with van der Waals surface area (Å²) >= 11 is 5.28. The molecular weight excluding hydrogens is 377 g/mol. The largest absolute Gasteiger partial charge is 0.467 e. The number of hydrogen-bond donors (Lipinski definition) is 1. The minimum Gasteiger partial charge on any atom is -0.467 e. The van der Waals surface area contributed by atoms with Gasteiger partial charge in [-0.3, -0.25) is 0 Å². The van der Waals surface area contributed by atoms with Crippen molar-refractivity contribution >= 4 is 18.4 Å². The molecule has 0 amide bonds. The number of rotatable bonds is 5. The van der Waals surface area contributed by atoms with Crippen molar-refractivity contribution in [1.29, 1.82) is 0 Å². The smallest absolute Gasteiger partial charge is 0.216 e. The summed E-state index contributed by atoms with van der Waals surface area (Å²) < 4.78 is 23.0. The number of benzene rings is 1. The maximum absolute atomic E-state index is 13.6. The highest BCUT2D eigenvalue weighted by Gasteiger charge is 2.11. The second-order valence-electron chi connectivity index (χ2n) is 6.41. The molecule has 0 aliphatic heterocycles. The Labute approximate surface area is 165 Å². The van der Waals surface area contributed by atoms with Crippen LogP contribution < -0.4 is 0 Å². The molecule has 1 aromatic carbocycles. The molecule has 3 heterocycles. The number of nitrogens with zero attached hydrogens (tertiary/aromatic N) is 4. The molecule has 142 valence electrons. The van der Waals surface area contributed by atoms with Crippen molar-refractivity contribution in [3.8, 4) is 11.4 Å². The molecular formula is C20H18FN5OS. The Balaban J connectivity index is 1.67. The fourth-order valence-corrected chi connectivity index (χ4v) is 3.27. The molecule has 0 fully saturated rings. The molecule has 0 saturated heterocycles. The quantitative estimate of drug-likeness (QED) is 0.394. The molecule has 8 heteroatoms. The Morgan fingerprint density at radius 2 is 2.11 bits per heavy atom. The van der Waals surface area contributed by atoms with E-state index in [-0.39, 0.29) is 5.82 Å². The Hall–Kier alpha value is -3.26. The lowest BCUT2D eigenvalue weighted by Gasteiger charge is -2.07. The molecule has 4 rings (SSSR count). The second kappa shape index (κ2) is 7.40. The zero-order valence-corrected chi connectivity index (χ0v) is 16.2. The van der Waals surface area contributed by atoms with E-state index in [2.05, 4.69) is 19.9 Å². The fraction of sp³-hybridized carbons (Fsp3) is 0.150. The van der Waals surface area contributed by atoms with Crippen molar-refractivity contribution in [2.24, 2.45) is 5.10 Å². The van der Waals surface area contributed by atoms with Gasteiger partial charge in [-0.05, 0) is 56.4 Å². The molecule has 3 aromatic heterocycles. The van der Waals surface area contributed by atoms with E-state index in [1.54, 1.807) is 24.6 Å². The number of aromatic nitrogens is 4. The van der Waals surface area contributed by atoms with E-state index < -0.39 is 0 Å². The Kier molecular flexibility index (Phi) is 4.79. The second-order valence-corrected chi connectivity index (χ2v) is 6.80. The van der Waals surface area contributed by atoms with Gasteiger partial charge in [0, 0.05) is 22.5 Å². The van der Waals surface area contributed by atoms with Gasteiger partial charge in [-0.2, -0.15) is 14.9 Å². The average Bonchev–Trinajstić information content (AvgIpc) is 3.37. The summed E-state index contributed by atoms with van der Waals surface area (Å²) in [6.45, 7) is 4.71. The van der Waals surface area contributed by atoms with E-state index in [4.69, 9.17) is 16.6 Å². The summed E-state index contributed by atoms with van der Waals surface area (Å²) in [6.07, 6.45) is 3.40. The molecule has 4 aromatic rings. The number of halogens is 1. The van der Waals surface area contributed by atoms with Crippen LogP contribution in [0.15, 0.2) is 58.2 Å². The van der Waals surface area contributed by atoms with E-state index in [9.17, 15) is 4.39 Å². The first-order valence-electron chi connectivity index (χ1n) is 8.70. The molecule has 0 bridgehead atoms. The topological polar surface area (TPSA) is 64.0 Å². The van der Waals surface area contributed by atoms with Crippen molar-refractivity contribution in [3.63, 3.8) is 0 Å². The molecule has 6 nitrogen and oxygen atoms in total. The number of H-pyrrole nitrogens is 1. The monoisotopic (exact) mass is 395 g/mol. The number of aryl methyl sites for hydroxylation is 1. The molecule has 0 aliphatic carbocycles. The van der Waals surface area contributed by atoms with Crippen LogP contribution in [0, 0.1) is 24.4 Å². The lowest BCUT2D eigenvalue weighted by molar-refractivity contribution is 0.489. The number of nitrogens with one attached hydrogen (secondary N) is 1. The van der Waals surface area contributed by atoms with Crippen LogP contribution in [0.25, 0.3) is 11.4 Å². The van der Waals surface area contributed by atoms with Gasteiger partial charge >= 0.3 is 0 Å². The molecule has 28 heavy (non-hydrogen) atoms. The lowest BCUT2D eigenvalue weighted by Crippen LogP contribution is -2.03. The summed E-state index contributed by atoms with van der Waals surface area (Å²) in [5.74, 6) is 0.990. The third-order valence-corrected chi connectivity index (χ3v) is 4.82. The van der Waals surface area contributed by atoms with Gasteiger partial charge in [0.2, 0.25) is 4.77 Å². The van der Waals surface area contributed by atoms with Gasteiger partial charge in [-0.25, -0.2) is 9.49 Å². The van der Waals surface area contributed by atoms with Crippen LogP contribution in [0.1, 0.15) is 22.7 Å². The zero-order valence-electron chi connectivity index (χ0n) is 15.4. The summed E-state index contributed by atoms with van der Waals surface area (Å²) in [5, 5.41) is 11.4. The first-order valence-corrected chi connectivity index (χ1v) is 9.10. The minimum absolute atomic E-state index is 0.333. The Morgan fingerprint density at radius 3 is 2.86 bits per heavy atom. The Bertz CT molecular complexity index is 1200. The molecule has 0 unspecified atom stereocenters. The van der Waals surface area contributed by atoms with Gasteiger partial charge in [0.05, 0.1) is 19.0 Å². The third kappa shape index (κ3) is 3.46. The van der Waals surface area contributed by atoms with Crippen LogP contribution >= 0.6 is 12.2 Å². The number of furan rings is 1. The lowest BCUT2D eigenvalue weighted by atomic mass is 10.2. The standard InChI is InChI=1S/C20H18FN5OS/c1-13-9-16(14(2)25(13)12-18-7-4-8-27-18)11-22-26-19(23-24-20(26)28)15-5-3-6-17(21)10-15/h3-11H,12H2,1-2H3,(H,24,28)/b22-11-. The molecule has 0 saturated carbocycles. The maximum atomic E-state index is 13.6. The summed E-state index contributed by atoms with van der Waals surface area (Å²) in [6, 6.07) is 12.0. The number of aromatic amines is 1. The van der Waals surface area contributed by atoms with Crippen molar-refractivity contribution in [2.45, 2.75) is 20.4 Å². The summed E-state index contributed by atoms with van der Waals surface area (Å²) in [7, 11) is 0. The minimum atomic E-state index is -0.344. The van der Waals surface area contributed by atoms with Crippen molar-refractivity contribution in [2.75, 3.05) is 0 Å². The van der Waals surface area contributed by atoms with Crippen LogP contribution in [0.3, 0.4) is 0 Å². The normalized spacial score (nSPS) is 11.5. The van der Waals surface area contributed by atoms with Crippen molar-refractivity contribution in [1.82, 2.24) is 19.4 Å². The van der Waals surface area contributed by atoms with E-state index in [0.29, 0.717) is 22.7 Å². The summed E-state index contributed by atoms with van der Waals surface area (Å²) in [4.78, 5) is 0. The first-order chi connectivity index (χ1) is 13.5. The predicted molar refractivity (Wildman–Crippen MR) is 108 cm³/mol. The average molecular weight is 395 g/mol. The van der Waals surface area contributed by atoms with Crippen molar-refractivity contribution in [3.05, 3.63) is 82.0 Å². The maximum Gasteiger partial charge on any atom is 0.216 e. The van der Waals surface area contributed by atoms with Gasteiger partial charge in [-0.1, -0.05) is 12.1 Å². The van der Waals surface area contributed by atoms with Crippen LogP contribution in [0.5, 0.6) is 0 Å². The predicted octanol–water partition coefficient (Wildman–Crippen LogP) is 4.69. The Morgan fingerprint density at radius 1 is 1.25 bits per heavy atom. The highest BCUT2D eigenvalue weighted by atomic mass is 32.1. The van der Waals surface area contributed by atoms with E-state index in [1.807, 2.05) is 32.0 Å². The molecule has 0 atom stereocenters. The number of hydrogen-bond acceptors (Lipinski definition) is 4. The van der Waals surface area contributed by atoms with E-state index in [0.717, 1.165) is 22.7 Å². The van der Waals surface area contributed by atoms with E-state index in [1.165, 1.54) is 16.8 Å². The first kappa shape index (κ1) is 18.1. The van der Waals surface area contributed by atoms with Gasteiger partial charge in [0.1, 0.15) is 11.6 Å². The SMILES string of the molecule is Cc1cc(/C=N\n2c(-c3cccc(F)c3)n[nH]c2=S)c(C)n1Cc1ccco1. The highest BCUT2D eigenvalue weighted by molar-refractivity contribution is 7.71.